The molecule has 0 aliphatic heterocycles. The van der Waals surface area contributed by atoms with E-state index in [2.05, 4.69) is 29.8 Å². The molecule has 0 aromatic rings. The van der Waals surface area contributed by atoms with Crippen molar-refractivity contribution in [1.29, 1.82) is 0 Å². The van der Waals surface area contributed by atoms with Crippen molar-refractivity contribution < 1.29 is 0 Å². The Morgan fingerprint density at radius 2 is 0.941 bits per heavy atom. The van der Waals surface area contributed by atoms with Crippen LogP contribution < -0.4 is 16.0 Å². The van der Waals surface area contributed by atoms with Gasteiger partial charge in [0.15, 0.2) is 0 Å². The number of hydrogen-bond acceptors (Lipinski definition) is 3. The second-order valence-corrected chi connectivity index (χ2v) is 3.49. The Morgan fingerprint density at radius 1 is 0.647 bits per heavy atom. The van der Waals surface area contributed by atoms with Gasteiger partial charge in [0.05, 0.1) is 0 Å². The van der Waals surface area contributed by atoms with E-state index in [4.69, 9.17) is 0 Å². The van der Waals surface area contributed by atoms with Crippen molar-refractivity contribution in [3.8, 4) is 0 Å². The highest BCUT2D eigenvalue weighted by Gasteiger charge is 1.88. The quantitative estimate of drug-likeness (QED) is 0.634. The molecule has 0 aliphatic rings. The van der Waals surface area contributed by atoms with Gasteiger partial charge < -0.3 is 16.0 Å². The van der Waals surface area contributed by atoms with Crippen molar-refractivity contribution in [3.05, 3.63) is 0 Å². The molecule has 0 aromatic carbocycles. The Bertz CT molecular complexity index is 71.9. The SMILES string of the molecule is CC.CC.CNCCC(C)C.CNCCNC. The summed E-state index contributed by atoms with van der Waals surface area (Å²) in [5, 5.41) is 9.11. The summed E-state index contributed by atoms with van der Waals surface area (Å²) < 4.78 is 0. The molecule has 110 valence electrons. The minimum Gasteiger partial charge on any atom is -0.320 e. The summed E-state index contributed by atoms with van der Waals surface area (Å²) in [5.74, 6) is 0.840. The lowest BCUT2D eigenvalue weighted by molar-refractivity contribution is 0.562. The summed E-state index contributed by atoms with van der Waals surface area (Å²) in [6, 6.07) is 0. The molecule has 0 fully saturated rings. The van der Waals surface area contributed by atoms with Crippen molar-refractivity contribution in [2.24, 2.45) is 5.92 Å². The molecule has 0 saturated carbocycles. The van der Waals surface area contributed by atoms with Gasteiger partial charge in [-0.2, -0.15) is 0 Å². The van der Waals surface area contributed by atoms with Gasteiger partial charge >= 0.3 is 0 Å². The van der Waals surface area contributed by atoms with E-state index in [9.17, 15) is 0 Å². The zero-order chi connectivity index (χ0) is 14.5. The normalized spacial score (nSPS) is 8.12. The maximum atomic E-state index is 3.10. The molecule has 0 spiro atoms. The Morgan fingerprint density at radius 3 is 1.06 bits per heavy atom. The predicted molar refractivity (Wildman–Crippen MR) is 83.9 cm³/mol. The number of rotatable bonds is 6. The molecular formula is C14H39N3. The van der Waals surface area contributed by atoms with Crippen molar-refractivity contribution in [2.45, 2.75) is 48.0 Å². The van der Waals surface area contributed by atoms with Crippen LogP contribution in [0.25, 0.3) is 0 Å². The third kappa shape index (κ3) is 64.6. The Hall–Kier alpha value is -0.120. The predicted octanol–water partition coefficient (Wildman–Crippen LogP) is 2.73. The van der Waals surface area contributed by atoms with Crippen LogP contribution in [0.5, 0.6) is 0 Å². The summed E-state index contributed by atoms with van der Waals surface area (Å²) in [4.78, 5) is 0. The van der Waals surface area contributed by atoms with Crippen molar-refractivity contribution in [1.82, 2.24) is 16.0 Å². The molecule has 3 N–H and O–H groups in total. The van der Waals surface area contributed by atoms with Crippen LogP contribution in [0.4, 0.5) is 0 Å². The van der Waals surface area contributed by atoms with Gasteiger partial charge in [-0.1, -0.05) is 41.5 Å². The lowest BCUT2D eigenvalue weighted by Gasteiger charge is -2.00. The molecule has 0 saturated heterocycles. The van der Waals surface area contributed by atoms with Crippen molar-refractivity contribution in [3.63, 3.8) is 0 Å². The van der Waals surface area contributed by atoms with Gasteiger partial charge in [0.25, 0.3) is 0 Å². The summed E-state index contributed by atoms with van der Waals surface area (Å²) in [6.07, 6.45) is 1.29. The van der Waals surface area contributed by atoms with E-state index in [1.807, 2.05) is 48.8 Å². The first-order valence-electron chi connectivity index (χ1n) is 7.12. The maximum Gasteiger partial charge on any atom is 0.00736 e. The van der Waals surface area contributed by atoms with Gasteiger partial charge in [-0.15, -0.1) is 0 Å². The van der Waals surface area contributed by atoms with E-state index in [0.717, 1.165) is 25.6 Å². The Kier molecular flexibility index (Phi) is 54.4. The molecular weight excluding hydrogens is 210 g/mol. The monoisotopic (exact) mass is 249 g/mol. The first kappa shape index (κ1) is 25.7. The second-order valence-electron chi connectivity index (χ2n) is 3.49. The zero-order valence-electron chi connectivity index (χ0n) is 13.9. The Labute approximate surface area is 111 Å². The third-order valence-electron chi connectivity index (χ3n) is 1.60. The topological polar surface area (TPSA) is 36.1 Å². The van der Waals surface area contributed by atoms with Gasteiger partial charge in [-0.25, -0.2) is 0 Å². The molecule has 3 nitrogen and oxygen atoms in total. The average molecular weight is 249 g/mol. The molecule has 0 unspecified atom stereocenters. The Balaban J connectivity index is -0.0000000772. The van der Waals surface area contributed by atoms with Crippen LogP contribution in [0, 0.1) is 5.92 Å². The third-order valence-corrected chi connectivity index (χ3v) is 1.60. The number of likely N-dealkylation sites (N-methyl/N-ethyl adjacent to an activating group) is 2. The summed E-state index contributed by atoms with van der Waals surface area (Å²) in [5.41, 5.74) is 0. The van der Waals surface area contributed by atoms with E-state index >= 15 is 0 Å². The minimum absolute atomic E-state index is 0.840. The highest BCUT2D eigenvalue weighted by Crippen LogP contribution is 1.94. The van der Waals surface area contributed by atoms with Crippen LogP contribution >= 0.6 is 0 Å². The molecule has 0 radical (unpaired) electrons. The molecule has 0 heterocycles. The van der Waals surface area contributed by atoms with E-state index in [-0.39, 0.29) is 0 Å². The molecule has 0 aromatic heterocycles. The van der Waals surface area contributed by atoms with Gasteiger partial charge in [0.1, 0.15) is 0 Å². The minimum atomic E-state index is 0.840. The van der Waals surface area contributed by atoms with Gasteiger partial charge in [0, 0.05) is 13.1 Å². The van der Waals surface area contributed by atoms with E-state index in [1.54, 1.807) is 0 Å². The smallest absolute Gasteiger partial charge is 0.00736 e. The molecule has 0 atom stereocenters. The fourth-order valence-electron chi connectivity index (χ4n) is 0.683. The first-order valence-corrected chi connectivity index (χ1v) is 7.12. The number of nitrogens with one attached hydrogen (secondary N) is 3. The maximum absolute atomic E-state index is 3.10. The van der Waals surface area contributed by atoms with Crippen LogP contribution in [-0.2, 0) is 0 Å². The lowest BCUT2D eigenvalue weighted by Crippen LogP contribution is -2.21. The molecule has 0 rings (SSSR count). The van der Waals surface area contributed by atoms with Gasteiger partial charge in [-0.3, -0.25) is 0 Å². The van der Waals surface area contributed by atoms with Crippen molar-refractivity contribution in [2.75, 3.05) is 40.8 Å². The molecule has 0 aliphatic carbocycles. The standard InChI is InChI=1S/C6H15N.C4H12N2.2C2H6/c1-6(2)4-5-7-3;1-5-3-4-6-2;2*1-2/h6-7H,4-5H2,1-3H3;5-6H,3-4H2,1-2H3;2*1-2H3. The first-order chi connectivity index (χ1) is 8.18. The zero-order valence-corrected chi connectivity index (χ0v) is 13.9. The fourth-order valence-corrected chi connectivity index (χ4v) is 0.683. The largest absolute Gasteiger partial charge is 0.320 e. The average Bonchev–Trinajstić information content (AvgIpc) is 2.39. The number of hydrogen-bond donors (Lipinski definition) is 3. The highest BCUT2D eigenvalue weighted by molar-refractivity contribution is 4.45. The summed E-state index contributed by atoms with van der Waals surface area (Å²) in [7, 11) is 5.87. The van der Waals surface area contributed by atoms with E-state index in [1.165, 1.54) is 6.42 Å². The van der Waals surface area contributed by atoms with E-state index in [0.29, 0.717) is 0 Å². The summed E-state index contributed by atoms with van der Waals surface area (Å²) >= 11 is 0. The fraction of sp³-hybridized carbons (Fsp3) is 1.00. The molecule has 3 heteroatoms. The summed E-state index contributed by atoms with van der Waals surface area (Å²) in [6.45, 7) is 15.7. The van der Waals surface area contributed by atoms with E-state index < -0.39 is 0 Å². The molecule has 17 heavy (non-hydrogen) atoms. The van der Waals surface area contributed by atoms with Crippen LogP contribution in [-0.4, -0.2) is 40.8 Å². The van der Waals surface area contributed by atoms with Crippen LogP contribution in [0.2, 0.25) is 0 Å². The van der Waals surface area contributed by atoms with Gasteiger partial charge in [0.2, 0.25) is 0 Å². The second kappa shape index (κ2) is 36.0. The highest BCUT2D eigenvalue weighted by atomic mass is 14.9. The lowest BCUT2D eigenvalue weighted by atomic mass is 10.1. The molecule has 0 amide bonds. The van der Waals surface area contributed by atoms with Crippen molar-refractivity contribution >= 4 is 0 Å². The van der Waals surface area contributed by atoms with Crippen LogP contribution in [0.15, 0.2) is 0 Å². The van der Waals surface area contributed by atoms with Crippen LogP contribution in [0.3, 0.4) is 0 Å². The molecule has 0 bridgehead atoms. The van der Waals surface area contributed by atoms with Crippen LogP contribution in [0.1, 0.15) is 48.0 Å². The van der Waals surface area contributed by atoms with Gasteiger partial charge in [-0.05, 0) is 40.0 Å².